The molecule has 0 saturated carbocycles. The quantitative estimate of drug-likeness (QED) is 0.817. The summed E-state index contributed by atoms with van der Waals surface area (Å²) in [6, 6.07) is 11.6. The molecule has 1 atom stereocenters. The van der Waals surface area contributed by atoms with Gasteiger partial charge < -0.3 is 0 Å². The summed E-state index contributed by atoms with van der Waals surface area (Å²) in [6.07, 6.45) is 2.44. The Balaban J connectivity index is 1.91. The van der Waals surface area contributed by atoms with Gasteiger partial charge in [0, 0.05) is 12.1 Å². The van der Waals surface area contributed by atoms with Gasteiger partial charge in [-0.2, -0.15) is 9.52 Å². The molecule has 0 amide bonds. The fourth-order valence-electron chi connectivity index (χ4n) is 2.85. The number of rotatable bonds is 5. The van der Waals surface area contributed by atoms with Gasteiger partial charge in [-0.1, -0.05) is 24.3 Å². The van der Waals surface area contributed by atoms with Crippen LogP contribution in [0.1, 0.15) is 23.6 Å². The van der Waals surface area contributed by atoms with Gasteiger partial charge in [0.15, 0.2) is 0 Å². The smallest absolute Gasteiger partial charge is 0.247 e. The maximum absolute atomic E-state index is 13.2. The minimum Gasteiger partial charge on any atom is -0.284 e. The van der Waals surface area contributed by atoms with Crippen LogP contribution in [0.4, 0.5) is 10.1 Å². The Morgan fingerprint density at radius 3 is 2.11 bits per heavy atom. The summed E-state index contributed by atoms with van der Waals surface area (Å²) in [4.78, 5) is 0. The highest BCUT2D eigenvalue weighted by molar-refractivity contribution is 7.92. The maximum atomic E-state index is 13.2. The highest BCUT2D eigenvalue weighted by Gasteiger charge is 2.34. The van der Waals surface area contributed by atoms with E-state index in [0.29, 0.717) is 28.9 Å². The summed E-state index contributed by atoms with van der Waals surface area (Å²) in [6.45, 7) is 0. The molecule has 2 aromatic rings. The molecule has 2 aromatic carbocycles. The fraction of sp³-hybridized carbons (Fsp3) is 0.235. The second-order valence-corrected chi connectivity index (χ2v) is 9.89. The zero-order chi connectivity index (χ0) is 19.8. The number of nitrogens with zero attached hydrogens (tertiary/aromatic N) is 2. The molecule has 1 heterocycles. The van der Waals surface area contributed by atoms with Crippen molar-refractivity contribution in [2.75, 3.05) is 17.2 Å². The molecule has 144 valence electrons. The van der Waals surface area contributed by atoms with Crippen LogP contribution in [0.25, 0.3) is 0 Å². The van der Waals surface area contributed by atoms with Crippen molar-refractivity contribution in [2.45, 2.75) is 12.5 Å². The van der Waals surface area contributed by atoms with E-state index in [1.54, 1.807) is 24.3 Å². The van der Waals surface area contributed by atoms with Gasteiger partial charge in [-0.3, -0.25) is 4.72 Å². The third kappa shape index (κ3) is 4.64. The first-order chi connectivity index (χ1) is 12.5. The van der Waals surface area contributed by atoms with Crippen LogP contribution < -0.4 is 4.72 Å². The first-order valence-corrected chi connectivity index (χ1v) is 11.7. The Hall–Kier alpha value is -2.46. The molecule has 3 rings (SSSR count). The lowest BCUT2D eigenvalue weighted by molar-refractivity contribution is 0.374. The van der Waals surface area contributed by atoms with Crippen LogP contribution in [0.3, 0.4) is 0 Å². The first kappa shape index (κ1) is 19.3. The number of nitrogens with one attached hydrogen (secondary N) is 1. The number of hydrogen-bond acceptors (Lipinski definition) is 5. The van der Waals surface area contributed by atoms with E-state index in [1.807, 2.05) is 0 Å². The van der Waals surface area contributed by atoms with Crippen molar-refractivity contribution in [1.82, 2.24) is 4.41 Å². The van der Waals surface area contributed by atoms with Crippen molar-refractivity contribution in [1.29, 1.82) is 0 Å². The third-order valence-corrected chi connectivity index (χ3v) is 5.61. The molecule has 0 radical (unpaired) electrons. The van der Waals surface area contributed by atoms with Crippen LogP contribution in [0.15, 0.2) is 53.6 Å². The number of halogens is 1. The monoisotopic (exact) mass is 411 g/mol. The fourth-order valence-corrected chi connectivity index (χ4v) is 4.32. The number of sulfonamides is 2. The Morgan fingerprint density at radius 2 is 1.59 bits per heavy atom. The normalized spacial score (nSPS) is 17.7. The van der Waals surface area contributed by atoms with Gasteiger partial charge in [-0.05, 0) is 35.4 Å². The van der Waals surface area contributed by atoms with E-state index in [2.05, 4.69) is 9.82 Å². The largest absolute Gasteiger partial charge is 0.284 e. The molecule has 27 heavy (non-hydrogen) atoms. The minimum atomic E-state index is -3.62. The van der Waals surface area contributed by atoms with Crippen molar-refractivity contribution in [3.8, 4) is 0 Å². The zero-order valence-corrected chi connectivity index (χ0v) is 16.3. The van der Waals surface area contributed by atoms with Crippen LogP contribution in [-0.4, -0.2) is 39.5 Å². The number of anilines is 1. The van der Waals surface area contributed by atoms with E-state index in [1.165, 1.54) is 24.3 Å². The van der Waals surface area contributed by atoms with Gasteiger partial charge in [0.05, 0.1) is 24.3 Å². The van der Waals surface area contributed by atoms with Crippen LogP contribution >= 0.6 is 0 Å². The topological polar surface area (TPSA) is 95.9 Å². The predicted octanol–water partition coefficient (Wildman–Crippen LogP) is 2.31. The van der Waals surface area contributed by atoms with Crippen molar-refractivity contribution in [3.05, 3.63) is 65.5 Å². The van der Waals surface area contributed by atoms with E-state index in [0.717, 1.165) is 16.9 Å². The van der Waals surface area contributed by atoms with Gasteiger partial charge in [0.1, 0.15) is 5.82 Å². The molecule has 1 N–H and O–H groups in total. The molecule has 7 nitrogen and oxygen atoms in total. The van der Waals surface area contributed by atoms with Gasteiger partial charge in [0.25, 0.3) is 0 Å². The van der Waals surface area contributed by atoms with Gasteiger partial charge in [0.2, 0.25) is 20.0 Å². The first-order valence-electron chi connectivity index (χ1n) is 7.93. The number of hydrogen-bond donors (Lipinski definition) is 1. The Morgan fingerprint density at radius 1 is 1.00 bits per heavy atom. The second kappa shape index (κ2) is 6.93. The summed E-state index contributed by atoms with van der Waals surface area (Å²) >= 11 is 0. The van der Waals surface area contributed by atoms with E-state index in [-0.39, 0.29) is 0 Å². The molecule has 1 aliphatic heterocycles. The van der Waals surface area contributed by atoms with Gasteiger partial charge >= 0.3 is 0 Å². The molecule has 10 heteroatoms. The van der Waals surface area contributed by atoms with Crippen LogP contribution in [-0.2, 0) is 20.0 Å². The summed E-state index contributed by atoms with van der Waals surface area (Å²) in [5.74, 6) is -0.405. The molecule has 1 aliphatic rings. The summed E-state index contributed by atoms with van der Waals surface area (Å²) in [5.41, 5.74) is 2.25. The lowest BCUT2D eigenvalue weighted by Gasteiger charge is -2.21. The maximum Gasteiger partial charge on any atom is 0.247 e. The van der Waals surface area contributed by atoms with Crippen molar-refractivity contribution >= 4 is 31.4 Å². The van der Waals surface area contributed by atoms with E-state index in [9.17, 15) is 21.2 Å². The van der Waals surface area contributed by atoms with Crippen molar-refractivity contribution < 1.29 is 21.2 Å². The van der Waals surface area contributed by atoms with E-state index >= 15 is 0 Å². The SMILES string of the molecule is CS(=O)(=O)Nc1ccc(C2=NN(S(C)(=O)=O)[C@H](c3ccc(F)cc3)C2)cc1. The summed E-state index contributed by atoms with van der Waals surface area (Å²) in [7, 11) is -7.01. The predicted molar refractivity (Wildman–Crippen MR) is 102 cm³/mol. The molecule has 0 saturated heterocycles. The van der Waals surface area contributed by atoms with Crippen molar-refractivity contribution in [3.63, 3.8) is 0 Å². The van der Waals surface area contributed by atoms with Gasteiger partial charge in [-0.15, -0.1) is 0 Å². The average molecular weight is 411 g/mol. The number of benzene rings is 2. The molecule has 0 unspecified atom stereocenters. The highest BCUT2D eigenvalue weighted by atomic mass is 32.2. The van der Waals surface area contributed by atoms with Crippen LogP contribution in [0, 0.1) is 5.82 Å². The molecule has 0 spiro atoms. The van der Waals surface area contributed by atoms with Crippen LogP contribution in [0.5, 0.6) is 0 Å². The molecular weight excluding hydrogens is 393 g/mol. The lowest BCUT2D eigenvalue weighted by atomic mass is 9.99. The van der Waals surface area contributed by atoms with Crippen LogP contribution in [0.2, 0.25) is 0 Å². The van der Waals surface area contributed by atoms with E-state index in [4.69, 9.17) is 0 Å². The molecule has 0 aromatic heterocycles. The Kier molecular flexibility index (Phi) is 4.96. The molecule has 0 fully saturated rings. The third-order valence-electron chi connectivity index (χ3n) is 3.99. The minimum absolute atomic E-state index is 0.317. The molecule has 0 aliphatic carbocycles. The standard InChI is InChI=1S/C17H18FN3O4S2/c1-26(22,23)20-15-9-5-12(6-10-15)16-11-17(21(19-16)27(2,24)25)13-3-7-14(18)8-4-13/h3-10,17,20H,11H2,1-2H3/t17-/m0/s1. The van der Waals surface area contributed by atoms with E-state index < -0.39 is 31.9 Å². The molecular formula is C17H18FN3O4S2. The van der Waals surface area contributed by atoms with Gasteiger partial charge in [-0.25, -0.2) is 21.2 Å². The summed E-state index contributed by atoms with van der Waals surface area (Å²) in [5, 5.41) is 4.24. The summed E-state index contributed by atoms with van der Waals surface area (Å²) < 4.78 is 63.4. The van der Waals surface area contributed by atoms with Crippen molar-refractivity contribution in [2.24, 2.45) is 5.10 Å². The molecule has 0 bridgehead atoms. The highest BCUT2D eigenvalue weighted by Crippen LogP contribution is 2.34. The Bertz CT molecular complexity index is 1080. The second-order valence-electron chi connectivity index (χ2n) is 6.31. The zero-order valence-electron chi connectivity index (χ0n) is 14.6. The Labute approximate surface area is 157 Å². The lowest BCUT2D eigenvalue weighted by Crippen LogP contribution is -2.25. The average Bonchev–Trinajstić information content (AvgIpc) is 3.00. The number of hydrazone groups is 1.